The molecule has 0 bridgehead atoms. The van der Waals surface area contributed by atoms with Gasteiger partial charge in [0.2, 0.25) is 0 Å². The molecule has 3 aromatic rings. The van der Waals surface area contributed by atoms with E-state index in [1.807, 2.05) is 13.0 Å². The largest absolute Gasteiger partial charge is 0.495 e. The Morgan fingerprint density at radius 1 is 0.933 bits per heavy atom. The van der Waals surface area contributed by atoms with Gasteiger partial charge in [0, 0.05) is 10.6 Å². The van der Waals surface area contributed by atoms with Crippen molar-refractivity contribution >= 4 is 38.9 Å². The van der Waals surface area contributed by atoms with Crippen LogP contribution in [0.1, 0.15) is 21.5 Å². The maximum Gasteiger partial charge on any atom is 0.261 e. The molecule has 2 N–H and O–H groups in total. The van der Waals surface area contributed by atoms with Crippen LogP contribution in [0.3, 0.4) is 0 Å². The van der Waals surface area contributed by atoms with Crippen LogP contribution < -0.4 is 14.8 Å². The minimum atomic E-state index is -3.83. The normalized spacial score (nSPS) is 11.1. The lowest BCUT2D eigenvalue weighted by molar-refractivity contribution is 0.102. The highest BCUT2D eigenvalue weighted by Gasteiger charge is 2.17. The average molecular weight is 445 g/mol. The van der Waals surface area contributed by atoms with E-state index in [4.69, 9.17) is 16.3 Å². The molecule has 3 aromatic carbocycles. The number of aryl methyl sites for hydroxylation is 2. The molecule has 156 valence electrons. The maximum absolute atomic E-state index is 12.8. The number of anilines is 2. The van der Waals surface area contributed by atoms with E-state index in [1.165, 1.54) is 37.4 Å². The fourth-order valence-corrected chi connectivity index (χ4v) is 4.05. The van der Waals surface area contributed by atoms with Gasteiger partial charge in [-0.05, 0) is 73.5 Å². The van der Waals surface area contributed by atoms with E-state index in [1.54, 1.807) is 31.2 Å². The van der Waals surface area contributed by atoms with Gasteiger partial charge in [0.15, 0.2) is 0 Å². The summed E-state index contributed by atoms with van der Waals surface area (Å²) >= 11 is 5.83. The third kappa shape index (κ3) is 4.93. The lowest BCUT2D eigenvalue weighted by Crippen LogP contribution is -2.16. The predicted molar refractivity (Wildman–Crippen MR) is 119 cm³/mol. The van der Waals surface area contributed by atoms with E-state index in [2.05, 4.69) is 10.0 Å². The Labute approximate surface area is 180 Å². The van der Waals surface area contributed by atoms with E-state index in [-0.39, 0.29) is 10.8 Å². The molecule has 0 saturated heterocycles. The molecule has 0 saturated carbocycles. The molecule has 0 aliphatic carbocycles. The van der Waals surface area contributed by atoms with E-state index < -0.39 is 10.0 Å². The van der Waals surface area contributed by atoms with Gasteiger partial charge in [-0.2, -0.15) is 0 Å². The Morgan fingerprint density at radius 2 is 1.63 bits per heavy atom. The van der Waals surface area contributed by atoms with Crippen molar-refractivity contribution in [2.24, 2.45) is 0 Å². The highest BCUT2D eigenvalue weighted by molar-refractivity contribution is 7.92. The number of nitrogens with one attached hydrogen (secondary N) is 2. The van der Waals surface area contributed by atoms with Crippen molar-refractivity contribution in [2.75, 3.05) is 17.1 Å². The molecule has 0 atom stereocenters. The second kappa shape index (κ2) is 8.77. The number of carbonyl (C=O) groups excluding carboxylic acids is 1. The monoisotopic (exact) mass is 444 g/mol. The van der Waals surface area contributed by atoms with Gasteiger partial charge in [-0.25, -0.2) is 8.42 Å². The third-order valence-electron chi connectivity index (χ3n) is 4.47. The van der Waals surface area contributed by atoms with Crippen LogP contribution in [-0.4, -0.2) is 21.4 Å². The topological polar surface area (TPSA) is 84.5 Å². The maximum atomic E-state index is 12.8. The van der Waals surface area contributed by atoms with Gasteiger partial charge < -0.3 is 10.1 Å². The predicted octanol–water partition coefficient (Wildman–Crippen LogP) is 5.02. The van der Waals surface area contributed by atoms with Gasteiger partial charge in [0.05, 0.1) is 23.4 Å². The summed E-state index contributed by atoms with van der Waals surface area (Å²) in [4.78, 5) is 12.8. The first-order chi connectivity index (χ1) is 14.2. The molecule has 0 spiro atoms. The first-order valence-corrected chi connectivity index (χ1v) is 10.9. The van der Waals surface area contributed by atoms with E-state index in [9.17, 15) is 13.2 Å². The molecule has 0 heterocycles. The van der Waals surface area contributed by atoms with Crippen molar-refractivity contribution in [1.29, 1.82) is 0 Å². The van der Waals surface area contributed by atoms with Crippen LogP contribution >= 0.6 is 11.6 Å². The highest BCUT2D eigenvalue weighted by atomic mass is 35.5. The number of methoxy groups -OCH3 is 1. The van der Waals surface area contributed by atoms with Crippen LogP contribution in [0.25, 0.3) is 0 Å². The summed E-state index contributed by atoms with van der Waals surface area (Å²) in [6.45, 7) is 3.66. The molecule has 0 radical (unpaired) electrons. The molecule has 1 amide bonds. The third-order valence-corrected chi connectivity index (χ3v) is 6.10. The lowest BCUT2D eigenvalue weighted by Gasteiger charge is -2.14. The highest BCUT2D eigenvalue weighted by Crippen LogP contribution is 2.27. The number of halogens is 1. The van der Waals surface area contributed by atoms with Crippen molar-refractivity contribution in [3.8, 4) is 5.75 Å². The van der Waals surface area contributed by atoms with Crippen LogP contribution in [-0.2, 0) is 10.0 Å². The molecule has 0 aliphatic rings. The molecular formula is C22H21ClN2O4S. The zero-order valence-corrected chi connectivity index (χ0v) is 18.3. The van der Waals surface area contributed by atoms with Crippen LogP contribution in [0, 0.1) is 13.8 Å². The Bertz CT molecular complexity index is 1190. The Balaban J connectivity index is 1.87. The summed E-state index contributed by atoms with van der Waals surface area (Å²) in [5.74, 6) is 0.149. The van der Waals surface area contributed by atoms with Gasteiger partial charge in [0.1, 0.15) is 5.75 Å². The number of ether oxygens (including phenoxy) is 1. The quantitative estimate of drug-likeness (QED) is 0.559. The number of carbonyl (C=O) groups is 1. The van der Waals surface area contributed by atoms with Gasteiger partial charge >= 0.3 is 0 Å². The van der Waals surface area contributed by atoms with E-state index >= 15 is 0 Å². The number of amides is 1. The molecule has 0 fully saturated rings. The van der Waals surface area contributed by atoms with Crippen LogP contribution in [0.4, 0.5) is 11.4 Å². The molecule has 8 heteroatoms. The molecule has 0 aliphatic heterocycles. The van der Waals surface area contributed by atoms with E-state index in [0.717, 1.165) is 5.56 Å². The zero-order valence-electron chi connectivity index (χ0n) is 16.7. The van der Waals surface area contributed by atoms with Crippen LogP contribution in [0.2, 0.25) is 5.02 Å². The summed E-state index contributed by atoms with van der Waals surface area (Å²) < 4.78 is 33.2. The van der Waals surface area contributed by atoms with E-state index in [0.29, 0.717) is 33.3 Å². The van der Waals surface area contributed by atoms with Crippen molar-refractivity contribution in [3.05, 3.63) is 82.4 Å². The summed E-state index contributed by atoms with van der Waals surface area (Å²) in [5.41, 5.74) is 2.79. The number of benzene rings is 3. The molecule has 0 aromatic heterocycles. The smallest absolute Gasteiger partial charge is 0.261 e. The fraction of sp³-hybridized carbons (Fsp3) is 0.136. The van der Waals surface area contributed by atoms with Gasteiger partial charge in [-0.15, -0.1) is 0 Å². The minimum Gasteiger partial charge on any atom is -0.495 e. The second-order valence-electron chi connectivity index (χ2n) is 6.75. The van der Waals surface area contributed by atoms with Crippen molar-refractivity contribution in [2.45, 2.75) is 18.7 Å². The molecule has 6 nitrogen and oxygen atoms in total. The van der Waals surface area contributed by atoms with Crippen molar-refractivity contribution in [1.82, 2.24) is 0 Å². The van der Waals surface area contributed by atoms with Crippen molar-refractivity contribution in [3.63, 3.8) is 0 Å². The Hall–Kier alpha value is -3.03. The zero-order chi connectivity index (χ0) is 21.9. The summed E-state index contributed by atoms with van der Waals surface area (Å²) in [6.07, 6.45) is 0. The number of hydrogen-bond acceptors (Lipinski definition) is 4. The second-order valence-corrected chi connectivity index (χ2v) is 8.87. The Morgan fingerprint density at radius 3 is 2.30 bits per heavy atom. The van der Waals surface area contributed by atoms with Crippen molar-refractivity contribution < 1.29 is 17.9 Å². The van der Waals surface area contributed by atoms with Crippen LogP contribution in [0.15, 0.2) is 65.6 Å². The standard InChI is InChI=1S/C22H21ClN2O4S/c1-14-4-11-21(29-3)20(12-14)24-22(26)16-6-5-15(2)19(13-16)25-30(27,28)18-9-7-17(23)8-10-18/h4-13,25H,1-3H3,(H,24,26). The van der Waals surface area contributed by atoms with Gasteiger partial charge in [-0.1, -0.05) is 23.7 Å². The SMILES string of the molecule is COc1ccc(C)cc1NC(=O)c1ccc(C)c(NS(=O)(=O)c2ccc(Cl)cc2)c1. The summed E-state index contributed by atoms with van der Waals surface area (Å²) in [5, 5.41) is 3.25. The molecule has 0 unspecified atom stereocenters. The summed E-state index contributed by atoms with van der Waals surface area (Å²) in [6, 6.07) is 16.1. The first kappa shape index (κ1) is 21.7. The average Bonchev–Trinajstić information content (AvgIpc) is 2.70. The molecule has 3 rings (SSSR count). The number of hydrogen-bond donors (Lipinski definition) is 2. The fourth-order valence-electron chi connectivity index (χ4n) is 2.80. The number of rotatable bonds is 6. The van der Waals surface area contributed by atoms with Crippen LogP contribution in [0.5, 0.6) is 5.75 Å². The van der Waals surface area contributed by atoms with Gasteiger partial charge in [0.25, 0.3) is 15.9 Å². The summed E-state index contributed by atoms with van der Waals surface area (Å²) in [7, 11) is -2.31. The molecular weight excluding hydrogens is 424 g/mol. The molecule has 30 heavy (non-hydrogen) atoms. The lowest BCUT2D eigenvalue weighted by atomic mass is 10.1. The van der Waals surface area contributed by atoms with Gasteiger partial charge in [-0.3, -0.25) is 9.52 Å². The Kier molecular flexibility index (Phi) is 6.34. The minimum absolute atomic E-state index is 0.0747. The number of sulfonamides is 1. The first-order valence-electron chi connectivity index (χ1n) is 9.04.